The average molecular weight is 246 g/mol. The number of nitrogens with two attached hydrogens (primary N) is 1. The number of aromatic nitrogens is 3. The number of nitrogen functional groups attached to an aromatic ring is 1. The van der Waals surface area contributed by atoms with Crippen LogP contribution in [-0.4, -0.2) is 15.1 Å². The van der Waals surface area contributed by atoms with Crippen LogP contribution in [-0.2, 0) is 6.42 Å². The van der Waals surface area contributed by atoms with Gasteiger partial charge < -0.3 is 10.3 Å². The molecule has 2 aromatic rings. The molecule has 0 aromatic carbocycles. The molecule has 5 nitrogen and oxygen atoms in total. The van der Waals surface area contributed by atoms with E-state index in [1.165, 1.54) is 0 Å². The summed E-state index contributed by atoms with van der Waals surface area (Å²) in [6.07, 6.45) is 3.45. The zero-order valence-electron chi connectivity index (χ0n) is 11.0. The lowest BCUT2D eigenvalue weighted by molar-refractivity contribution is 0.366. The SMILES string of the molecule is CC(C)(C)CCc1noc(-c2ncccc2N)n1. The van der Waals surface area contributed by atoms with Crippen molar-refractivity contribution in [2.75, 3.05) is 5.73 Å². The van der Waals surface area contributed by atoms with Gasteiger partial charge in [-0.15, -0.1) is 0 Å². The van der Waals surface area contributed by atoms with Gasteiger partial charge in [0.05, 0.1) is 5.69 Å². The van der Waals surface area contributed by atoms with Crippen molar-refractivity contribution in [1.82, 2.24) is 15.1 Å². The maximum Gasteiger partial charge on any atom is 0.278 e. The molecule has 0 aliphatic rings. The second-order valence-corrected chi connectivity index (χ2v) is 5.52. The number of pyridine rings is 1. The minimum atomic E-state index is 0.255. The van der Waals surface area contributed by atoms with E-state index in [1.807, 2.05) is 0 Å². The summed E-state index contributed by atoms with van der Waals surface area (Å²) in [7, 11) is 0. The molecule has 0 bridgehead atoms. The summed E-state index contributed by atoms with van der Waals surface area (Å²) in [6.45, 7) is 6.56. The fourth-order valence-electron chi connectivity index (χ4n) is 1.53. The van der Waals surface area contributed by atoms with Crippen molar-refractivity contribution in [2.24, 2.45) is 5.41 Å². The van der Waals surface area contributed by atoms with Crippen molar-refractivity contribution in [3.63, 3.8) is 0 Å². The number of anilines is 1. The molecule has 0 spiro atoms. The van der Waals surface area contributed by atoms with Crippen LogP contribution in [0.5, 0.6) is 0 Å². The highest BCUT2D eigenvalue weighted by molar-refractivity contribution is 5.65. The van der Waals surface area contributed by atoms with Crippen LogP contribution in [0.2, 0.25) is 0 Å². The van der Waals surface area contributed by atoms with Gasteiger partial charge in [-0.05, 0) is 24.0 Å². The summed E-state index contributed by atoms with van der Waals surface area (Å²) in [4.78, 5) is 8.47. The van der Waals surface area contributed by atoms with Gasteiger partial charge in [0.15, 0.2) is 11.5 Å². The summed E-state index contributed by atoms with van der Waals surface area (Å²) in [6, 6.07) is 3.54. The molecule has 5 heteroatoms. The van der Waals surface area contributed by atoms with E-state index in [4.69, 9.17) is 10.3 Å². The molecule has 0 atom stereocenters. The molecular formula is C13H18N4O. The van der Waals surface area contributed by atoms with Gasteiger partial charge >= 0.3 is 0 Å². The Morgan fingerprint density at radius 2 is 2.11 bits per heavy atom. The van der Waals surface area contributed by atoms with Crippen LogP contribution in [0, 0.1) is 5.41 Å². The van der Waals surface area contributed by atoms with E-state index in [9.17, 15) is 0 Å². The van der Waals surface area contributed by atoms with Crippen LogP contribution in [0.15, 0.2) is 22.9 Å². The topological polar surface area (TPSA) is 77.8 Å². The van der Waals surface area contributed by atoms with E-state index in [2.05, 4.69) is 35.9 Å². The zero-order valence-corrected chi connectivity index (χ0v) is 11.0. The predicted octanol–water partition coefficient (Wildman–Crippen LogP) is 2.69. The second-order valence-electron chi connectivity index (χ2n) is 5.52. The van der Waals surface area contributed by atoms with Gasteiger partial charge in [0, 0.05) is 12.6 Å². The van der Waals surface area contributed by atoms with Crippen molar-refractivity contribution >= 4 is 5.69 Å². The zero-order chi connectivity index (χ0) is 13.2. The smallest absolute Gasteiger partial charge is 0.278 e. The van der Waals surface area contributed by atoms with Crippen molar-refractivity contribution in [2.45, 2.75) is 33.6 Å². The molecule has 0 radical (unpaired) electrons. The molecule has 0 aliphatic heterocycles. The standard InChI is InChI=1S/C13H18N4O/c1-13(2,3)7-6-10-16-12(18-17-10)11-9(14)5-4-8-15-11/h4-5,8H,6-7,14H2,1-3H3. The van der Waals surface area contributed by atoms with Gasteiger partial charge in [-0.25, -0.2) is 4.98 Å². The molecule has 0 saturated heterocycles. The maximum atomic E-state index is 5.81. The molecule has 0 unspecified atom stereocenters. The van der Waals surface area contributed by atoms with Crippen molar-refractivity contribution < 1.29 is 4.52 Å². The molecule has 2 aromatic heterocycles. The van der Waals surface area contributed by atoms with E-state index < -0.39 is 0 Å². The van der Waals surface area contributed by atoms with Crippen LogP contribution in [0.4, 0.5) is 5.69 Å². The van der Waals surface area contributed by atoms with Crippen molar-refractivity contribution in [3.8, 4) is 11.6 Å². The van der Waals surface area contributed by atoms with Gasteiger partial charge in [0.25, 0.3) is 5.89 Å². The molecule has 0 fully saturated rings. The molecule has 96 valence electrons. The third kappa shape index (κ3) is 3.06. The fraction of sp³-hybridized carbons (Fsp3) is 0.462. The molecule has 2 rings (SSSR count). The van der Waals surface area contributed by atoms with Crippen molar-refractivity contribution in [3.05, 3.63) is 24.2 Å². The van der Waals surface area contributed by atoms with Crippen LogP contribution < -0.4 is 5.73 Å². The van der Waals surface area contributed by atoms with Gasteiger partial charge in [-0.1, -0.05) is 25.9 Å². The first-order chi connectivity index (χ1) is 8.46. The van der Waals surface area contributed by atoms with E-state index in [0.29, 0.717) is 23.1 Å². The molecule has 2 N–H and O–H groups in total. The summed E-state index contributed by atoms with van der Waals surface area (Å²) < 4.78 is 5.19. The number of hydrogen-bond donors (Lipinski definition) is 1. The maximum absolute atomic E-state index is 5.81. The highest BCUT2D eigenvalue weighted by atomic mass is 16.5. The lowest BCUT2D eigenvalue weighted by Crippen LogP contribution is -2.07. The summed E-state index contributed by atoms with van der Waals surface area (Å²) in [5.41, 5.74) is 7.16. The Kier molecular flexibility index (Phi) is 3.32. The monoisotopic (exact) mass is 246 g/mol. The van der Waals surface area contributed by atoms with Gasteiger partial charge in [0.1, 0.15) is 0 Å². The normalized spacial score (nSPS) is 11.7. The van der Waals surface area contributed by atoms with Crippen LogP contribution in [0.1, 0.15) is 33.0 Å². The first-order valence-corrected chi connectivity index (χ1v) is 5.99. The molecule has 0 amide bonds. The Hall–Kier alpha value is -1.91. The highest BCUT2D eigenvalue weighted by Crippen LogP contribution is 2.23. The predicted molar refractivity (Wildman–Crippen MR) is 69.7 cm³/mol. The fourth-order valence-corrected chi connectivity index (χ4v) is 1.53. The van der Waals surface area contributed by atoms with E-state index in [1.54, 1.807) is 18.3 Å². The third-order valence-corrected chi connectivity index (χ3v) is 2.61. The van der Waals surface area contributed by atoms with E-state index >= 15 is 0 Å². The van der Waals surface area contributed by atoms with E-state index in [-0.39, 0.29) is 5.41 Å². The Morgan fingerprint density at radius 1 is 1.33 bits per heavy atom. The summed E-state index contributed by atoms with van der Waals surface area (Å²) in [5, 5.41) is 3.96. The molecule has 0 aliphatic carbocycles. The van der Waals surface area contributed by atoms with Gasteiger partial charge in [-0.2, -0.15) is 4.98 Å². The van der Waals surface area contributed by atoms with Crippen molar-refractivity contribution in [1.29, 1.82) is 0 Å². The van der Waals surface area contributed by atoms with Crippen LogP contribution in [0.3, 0.4) is 0 Å². The van der Waals surface area contributed by atoms with Crippen LogP contribution in [0.25, 0.3) is 11.6 Å². The number of aryl methyl sites for hydroxylation is 1. The molecular weight excluding hydrogens is 228 g/mol. The lowest BCUT2D eigenvalue weighted by atomic mass is 9.90. The molecule has 18 heavy (non-hydrogen) atoms. The lowest BCUT2D eigenvalue weighted by Gasteiger charge is -2.15. The quantitative estimate of drug-likeness (QED) is 0.900. The number of nitrogens with zero attached hydrogens (tertiary/aromatic N) is 3. The third-order valence-electron chi connectivity index (χ3n) is 2.61. The largest absolute Gasteiger partial charge is 0.397 e. The molecule has 0 saturated carbocycles. The van der Waals surface area contributed by atoms with Gasteiger partial charge in [-0.3, -0.25) is 0 Å². The van der Waals surface area contributed by atoms with E-state index in [0.717, 1.165) is 12.8 Å². The second kappa shape index (κ2) is 4.76. The Labute approximate surface area is 106 Å². The Balaban J connectivity index is 2.14. The highest BCUT2D eigenvalue weighted by Gasteiger charge is 2.15. The summed E-state index contributed by atoms with van der Waals surface area (Å²) >= 11 is 0. The minimum absolute atomic E-state index is 0.255. The molecule has 2 heterocycles. The number of rotatable bonds is 3. The Bertz CT molecular complexity index is 528. The van der Waals surface area contributed by atoms with Crippen LogP contribution >= 0.6 is 0 Å². The summed E-state index contributed by atoms with van der Waals surface area (Å²) in [5.74, 6) is 1.09. The van der Waals surface area contributed by atoms with Gasteiger partial charge in [0.2, 0.25) is 0 Å². The number of hydrogen-bond acceptors (Lipinski definition) is 5. The first-order valence-electron chi connectivity index (χ1n) is 5.99. The average Bonchev–Trinajstić information content (AvgIpc) is 2.75. The Morgan fingerprint density at radius 3 is 2.78 bits per heavy atom. The first kappa shape index (κ1) is 12.5. The minimum Gasteiger partial charge on any atom is -0.397 e.